The van der Waals surface area contributed by atoms with Crippen molar-refractivity contribution in [2.45, 2.75) is 31.7 Å². The van der Waals surface area contributed by atoms with E-state index in [1.54, 1.807) is 25.3 Å². The number of hydrogen-bond donors (Lipinski definition) is 1. The number of carbonyl (C=O) groups is 1. The van der Waals surface area contributed by atoms with Crippen LogP contribution in [0.25, 0.3) is 0 Å². The van der Waals surface area contributed by atoms with Gasteiger partial charge in [-0.2, -0.15) is 0 Å². The highest BCUT2D eigenvalue weighted by Crippen LogP contribution is 2.31. The molecule has 3 aromatic rings. The number of aromatic nitrogens is 3. The summed E-state index contributed by atoms with van der Waals surface area (Å²) in [6, 6.07) is 12.7. The molecular formula is C21H22BrClN4O3S. The Morgan fingerprint density at radius 1 is 1.26 bits per heavy atom. The van der Waals surface area contributed by atoms with Gasteiger partial charge in [0, 0.05) is 16.7 Å². The van der Waals surface area contributed by atoms with Gasteiger partial charge in [-0.15, -0.1) is 10.2 Å². The number of nitrogens with one attached hydrogen (secondary N) is 1. The average Bonchev–Trinajstić information content (AvgIpc) is 3.18. The van der Waals surface area contributed by atoms with Crippen LogP contribution in [0.5, 0.6) is 11.5 Å². The third-order valence-electron chi connectivity index (χ3n) is 4.33. The summed E-state index contributed by atoms with van der Waals surface area (Å²) in [6.45, 7) is 4.55. The molecule has 0 saturated heterocycles. The van der Waals surface area contributed by atoms with Gasteiger partial charge < -0.3 is 19.4 Å². The number of para-hydroxylation sites is 2. The van der Waals surface area contributed by atoms with E-state index in [1.165, 1.54) is 11.8 Å². The fraction of sp³-hybridized carbons (Fsp3) is 0.286. The zero-order valence-corrected chi connectivity index (χ0v) is 20.4. The van der Waals surface area contributed by atoms with Crippen LogP contribution in [0, 0.1) is 0 Å². The number of rotatable bonds is 9. The minimum atomic E-state index is -0.350. The van der Waals surface area contributed by atoms with Crippen molar-refractivity contribution in [1.82, 2.24) is 14.8 Å². The largest absolute Gasteiger partial charge is 0.493 e. The van der Waals surface area contributed by atoms with Crippen LogP contribution < -0.4 is 14.8 Å². The number of carbonyl (C=O) groups excluding carboxylic acids is 1. The second-order valence-corrected chi connectivity index (χ2v) is 8.67. The van der Waals surface area contributed by atoms with Crippen LogP contribution in [-0.2, 0) is 11.3 Å². The predicted molar refractivity (Wildman–Crippen MR) is 126 cm³/mol. The van der Waals surface area contributed by atoms with Crippen molar-refractivity contribution in [2.24, 2.45) is 0 Å². The van der Waals surface area contributed by atoms with Crippen LogP contribution in [0.15, 0.2) is 52.1 Å². The van der Waals surface area contributed by atoms with Crippen LogP contribution in [0.2, 0.25) is 5.02 Å². The van der Waals surface area contributed by atoms with Gasteiger partial charge in [0.05, 0.1) is 17.9 Å². The molecule has 1 unspecified atom stereocenters. The lowest BCUT2D eigenvalue weighted by Gasteiger charge is -2.17. The highest BCUT2D eigenvalue weighted by Gasteiger charge is 2.20. The van der Waals surface area contributed by atoms with Gasteiger partial charge in [0.2, 0.25) is 5.91 Å². The SMILES string of the molecule is CCn1c(SCC(=O)Nc2ccc(Br)c(Cl)c2)nnc1C(C)Oc1ccccc1OC. The summed E-state index contributed by atoms with van der Waals surface area (Å²) in [5.41, 5.74) is 0.635. The standard InChI is InChI=1S/C21H22BrClN4O3S/c1-4-27-20(13(2)30-18-8-6-5-7-17(18)29-3)25-26-21(27)31-12-19(28)24-14-9-10-15(22)16(23)11-14/h5-11,13H,4,12H2,1-3H3,(H,24,28). The monoisotopic (exact) mass is 524 g/mol. The van der Waals surface area contributed by atoms with E-state index in [1.807, 2.05) is 42.7 Å². The number of ether oxygens (including phenoxy) is 2. The van der Waals surface area contributed by atoms with Crippen molar-refractivity contribution in [3.8, 4) is 11.5 Å². The molecular weight excluding hydrogens is 504 g/mol. The Hall–Kier alpha value is -2.23. The smallest absolute Gasteiger partial charge is 0.234 e. The van der Waals surface area contributed by atoms with Gasteiger partial charge in [0.15, 0.2) is 28.6 Å². The lowest BCUT2D eigenvalue weighted by atomic mass is 10.3. The molecule has 1 atom stereocenters. The summed E-state index contributed by atoms with van der Waals surface area (Å²) < 4.78 is 14.1. The van der Waals surface area contributed by atoms with E-state index in [9.17, 15) is 4.79 Å². The molecule has 7 nitrogen and oxygen atoms in total. The zero-order chi connectivity index (χ0) is 22.4. The quantitative estimate of drug-likeness (QED) is 0.367. The second kappa shape index (κ2) is 10.9. The minimum absolute atomic E-state index is 0.158. The van der Waals surface area contributed by atoms with E-state index >= 15 is 0 Å². The Balaban J connectivity index is 1.65. The lowest BCUT2D eigenvalue weighted by molar-refractivity contribution is -0.113. The first kappa shape index (κ1) is 23.4. The highest BCUT2D eigenvalue weighted by molar-refractivity contribution is 9.10. The van der Waals surface area contributed by atoms with Crippen LogP contribution in [0.3, 0.4) is 0 Å². The maximum atomic E-state index is 12.4. The minimum Gasteiger partial charge on any atom is -0.493 e. The number of methoxy groups -OCH3 is 1. The van der Waals surface area contributed by atoms with Crippen LogP contribution >= 0.6 is 39.3 Å². The molecule has 10 heteroatoms. The van der Waals surface area contributed by atoms with Crippen LogP contribution in [-0.4, -0.2) is 33.5 Å². The molecule has 0 aliphatic rings. The normalized spacial score (nSPS) is 11.8. The Bertz CT molecular complexity index is 1060. The number of thioether (sulfide) groups is 1. The lowest BCUT2D eigenvalue weighted by Crippen LogP contribution is -2.15. The second-order valence-electron chi connectivity index (χ2n) is 6.46. The molecule has 2 aromatic carbocycles. The number of benzene rings is 2. The van der Waals surface area contributed by atoms with Crippen molar-refractivity contribution >= 4 is 50.9 Å². The molecule has 0 aliphatic carbocycles. The number of halogens is 2. The zero-order valence-electron chi connectivity index (χ0n) is 17.3. The molecule has 0 spiro atoms. The molecule has 0 aliphatic heterocycles. The first-order valence-corrected chi connectivity index (χ1v) is 11.7. The number of anilines is 1. The summed E-state index contributed by atoms with van der Waals surface area (Å²) in [7, 11) is 1.60. The number of amides is 1. The maximum Gasteiger partial charge on any atom is 0.234 e. The van der Waals surface area contributed by atoms with E-state index < -0.39 is 0 Å². The fourth-order valence-electron chi connectivity index (χ4n) is 2.87. The maximum absolute atomic E-state index is 12.4. The van der Waals surface area contributed by atoms with Gasteiger partial charge in [-0.3, -0.25) is 4.79 Å². The molecule has 1 amide bonds. The van der Waals surface area contributed by atoms with Crippen molar-refractivity contribution < 1.29 is 14.3 Å². The third-order valence-corrected chi connectivity index (χ3v) is 6.53. The third kappa shape index (κ3) is 5.93. The summed E-state index contributed by atoms with van der Waals surface area (Å²) in [4.78, 5) is 12.4. The van der Waals surface area contributed by atoms with Crippen LogP contribution in [0.4, 0.5) is 5.69 Å². The Labute approximate surface area is 198 Å². The molecule has 0 bridgehead atoms. The van der Waals surface area contributed by atoms with Gasteiger partial charge in [0.1, 0.15) is 0 Å². The average molecular weight is 526 g/mol. The first-order chi connectivity index (χ1) is 14.9. The summed E-state index contributed by atoms with van der Waals surface area (Å²) in [5.74, 6) is 1.99. The molecule has 1 N–H and O–H groups in total. The van der Waals surface area contributed by atoms with E-state index in [2.05, 4.69) is 31.4 Å². The van der Waals surface area contributed by atoms with E-state index in [4.69, 9.17) is 21.1 Å². The van der Waals surface area contributed by atoms with Gasteiger partial charge in [0.25, 0.3) is 0 Å². The van der Waals surface area contributed by atoms with E-state index in [0.717, 1.165) is 4.47 Å². The molecule has 0 fully saturated rings. The predicted octanol–water partition coefficient (Wildman–Crippen LogP) is 5.59. The molecule has 1 aromatic heterocycles. The van der Waals surface area contributed by atoms with Gasteiger partial charge in [-0.05, 0) is 60.1 Å². The molecule has 1 heterocycles. The van der Waals surface area contributed by atoms with Gasteiger partial charge in [-0.25, -0.2) is 0 Å². The van der Waals surface area contributed by atoms with Crippen molar-refractivity contribution in [3.05, 3.63) is 57.8 Å². The number of nitrogens with zero attached hydrogens (tertiary/aromatic N) is 3. The fourth-order valence-corrected chi connectivity index (χ4v) is 4.10. The van der Waals surface area contributed by atoms with Crippen LogP contribution in [0.1, 0.15) is 25.8 Å². The van der Waals surface area contributed by atoms with E-state index in [0.29, 0.717) is 39.7 Å². The molecule has 3 rings (SSSR count). The topological polar surface area (TPSA) is 78.3 Å². The first-order valence-electron chi connectivity index (χ1n) is 9.53. The van der Waals surface area contributed by atoms with Crippen molar-refractivity contribution in [1.29, 1.82) is 0 Å². The molecule has 164 valence electrons. The summed E-state index contributed by atoms with van der Waals surface area (Å²) in [6.07, 6.45) is -0.350. The van der Waals surface area contributed by atoms with Crippen molar-refractivity contribution in [3.63, 3.8) is 0 Å². The summed E-state index contributed by atoms with van der Waals surface area (Å²) in [5, 5.41) is 12.6. The Kier molecular flexibility index (Phi) is 8.22. The molecule has 0 radical (unpaired) electrons. The van der Waals surface area contributed by atoms with Gasteiger partial charge in [-0.1, -0.05) is 35.5 Å². The molecule has 31 heavy (non-hydrogen) atoms. The summed E-state index contributed by atoms with van der Waals surface area (Å²) >= 11 is 10.7. The van der Waals surface area contributed by atoms with Crippen molar-refractivity contribution in [2.75, 3.05) is 18.2 Å². The van der Waals surface area contributed by atoms with Gasteiger partial charge >= 0.3 is 0 Å². The Morgan fingerprint density at radius 3 is 2.68 bits per heavy atom. The Morgan fingerprint density at radius 2 is 2.00 bits per heavy atom. The van der Waals surface area contributed by atoms with E-state index in [-0.39, 0.29) is 17.8 Å². The molecule has 0 saturated carbocycles. The number of hydrogen-bond acceptors (Lipinski definition) is 6. The highest BCUT2D eigenvalue weighted by atomic mass is 79.9.